The van der Waals surface area contributed by atoms with Crippen molar-refractivity contribution >= 4 is 5.97 Å². The van der Waals surface area contributed by atoms with Crippen LogP contribution in [0.5, 0.6) is 0 Å². The van der Waals surface area contributed by atoms with Gasteiger partial charge in [-0.25, -0.2) is 5.01 Å². The van der Waals surface area contributed by atoms with Crippen molar-refractivity contribution in [1.29, 1.82) is 0 Å². The molecular weight excluding hydrogens is 208 g/mol. The van der Waals surface area contributed by atoms with Crippen LogP contribution in [0.25, 0.3) is 0 Å². The number of nitrogens with zero attached hydrogens (tertiary/aromatic N) is 2. The molecule has 0 aromatic heterocycles. The largest absolute Gasteiger partial charge is 0.465 e. The predicted molar refractivity (Wildman–Crippen MR) is 59.3 cm³/mol. The predicted octanol–water partition coefficient (Wildman–Crippen LogP) is 1.73. The minimum Gasteiger partial charge on any atom is -0.465 e. The smallest absolute Gasteiger partial charge is 0.327 e. The van der Waals surface area contributed by atoms with Crippen molar-refractivity contribution in [2.75, 3.05) is 13.2 Å². The Kier molecular flexibility index (Phi) is 4.98. The van der Waals surface area contributed by atoms with Gasteiger partial charge in [0.2, 0.25) is 0 Å². The van der Waals surface area contributed by atoms with Gasteiger partial charge < -0.3 is 4.74 Å². The van der Waals surface area contributed by atoms with Crippen molar-refractivity contribution in [3.05, 3.63) is 40.8 Å². The Labute approximate surface area is 94.0 Å². The van der Waals surface area contributed by atoms with E-state index in [1.165, 1.54) is 0 Å². The van der Waals surface area contributed by atoms with Gasteiger partial charge in [0.25, 0.3) is 0 Å². The number of hydrogen-bond acceptors (Lipinski definition) is 4. The van der Waals surface area contributed by atoms with Crippen LogP contribution in [0, 0.1) is 4.91 Å². The van der Waals surface area contributed by atoms with E-state index >= 15 is 0 Å². The molecule has 1 aromatic rings. The van der Waals surface area contributed by atoms with Gasteiger partial charge >= 0.3 is 5.97 Å². The summed E-state index contributed by atoms with van der Waals surface area (Å²) in [4.78, 5) is 21.7. The van der Waals surface area contributed by atoms with Crippen LogP contribution < -0.4 is 0 Å². The molecule has 86 valence electrons. The molecule has 1 aromatic carbocycles. The molecule has 0 radical (unpaired) electrons. The molecule has 0 aliphatic rings. The Morgan fingerprint density at radius 1 is 1.38 bits per heavy atom. The summed E-state index contributed by atoms with van der Waals surface area (Å²) in [5.74, 6) is -0.446. The minimum atomic E-state index is -0.446. The summed E-state index contributed by atoms with van der Waals surface area (Å²) in [6.07, 6.45) is 0. The van der Waals surface area contributed by atoms with Crippen LogP contribution in [0.1, 0.15) is 12.5 Å². The van der Waals surface area contributed by atoms with Gasteiger partial charge in [-0.15, -0.1) is 4.91 Å². The van der Waals surface area contributed by atoms with Crippen LogP contribution in [-0.2, 0) is 16.1 Å². The molecule has 0 amide bonds. The third-order valence-corrected chi connectivity index (χ3v) is 1.94. The molecule has 0 aliphatic carbocycles. The van der Waals surface area contributed by atoms with Gasteiger partial charge in [-0.1, -0.05) is 30.3 Å². The Morgan fingerprint density at radius 2 is 2.06 bits per heavy atom. The lowest BCUT2D eigenvalue weighted by atomic mass is 10.2. The van der Waals surface area contributed by atoms with Crippen molar-refractivity contribution in [3.63, 3.8) is 0 Å². The molecule has 0 saturated carbocycles. The highest BCUT2D eigenvalue weighted by molar-refractivity contribution is 5.71. The summed E-state index contributed by atoms with van der Waals surface area (Å²) >= 11 is 0. The molecule has 0 spiro atoms. The minimum absolute atomic E-state index is 0.119. The van der Waals surface area contributed by atoms with Crippen LogP contribution in [0.15, 0.2) is 35.6 Å². The van der Waals surface area contributed by atoms with E-state index in [0.29, 0.717) is 13.2 Å². The molecule has 0 unspecified atom stereocenters. The molecular formula is C11H14N2O3. The number of ether oxygens (including phenoxy) is 1. The average molecular weight is 222 g/mol. The van der Waals surface area contributed by atoms with Crippen molar-refractivity contribution in [1.82, 2.24) is 5.01 Å². The number of esters is 1. The third-order valence-electron chi connectivity index (χ3n) is 1.94. The van der Waals surface area contributed by atoms with Gasteiger partial charge in [0.15, 0.2) is 0 Å². The van der Waals surface area contributed by atoms with E-state index in [2.05, 4.69) is 5.29 Å². The summed E-state index contributed by atoms with van der Waals surface area (Å²) in [6, 6.07) is 9.34. The Balaban J connectivity index is 2.49. The standard InChI is InChI=1S/C11H14N2O3/c1-2-16-11(14)9-13(12-15)8-10-6-4-3-5-7-10/h3-7H,2,8-9H2,1H3. The molecule has 0 bridgehead atoms. The van der Waals surface area contributed by atoms with E-state index in [-0.39, 0.29) is 6.54 Å². The topological polar surface area (TPSA) is 59.0 Å². The van der Waals surface area contributed by atoms with Crippen LogP contribution in [0.3, 0.4) is 0 Å². The van der Waals surface area contributed by atoms with Crippen molar-refractivity contribution < 1.29 is 9.53 Å². The molecule has 0 saturated heterocycles. The average Bonchev–Trinajstić information content (AvgIpc) is 2.30. The number of benzene rings is 1. The monoisotopic (exact) mass is 222 g/mol. The number of nitroso groups, excluding NO2 is 1. The maximum Gasteiger partial charge on any atom is 0.327 e. The molecule has 0 heterocycles. The lowest BCUT2D eigenvalue weighted by Crippen LogP contribution is -2.25. The summed E-state index contributed by atoms with van der Waals surface area (Å²) < 4.78 is 4.73. The van der Waals surface area contributed by atoms with Crippen molar-refractivity contribution in [2.24, 2.45) is 5.29 Å². The van der Waals surface area contributed by atoms with Crippen LogP contribution in [-0.4, -0.2) is 24.1 Å². The molecule has 0 aliphatic heterocycles. The Morgan fingerprint density at radius 3 is 2.62 bits per heavy atom. The quantitative estimate of drug-likeness (QED) is 0.418. The van der Waals surface area contributed by atoms with E-state index in [4.69, 9.17) is 4.74 Å². The lowest BCUT2D eigenvalue weighted by molar-refractivity contribution is -0.144. The zero-order valence-corrected chi connectivity index (χ0v) is 9.13. The van der Waals surface area contributed by atoms with Crippen LogP contribution >= 0.6 is 0 Å². The molecule has 0 fully saturated rings. The number of hydrogen-bond donors (Lipinski definition) is 0. The number of carbonyl (C=O) groups excluding carboxylic acids is 1. The summed E-state index contributed by atoms with van der Waals surface area (Å²) in [5, 5.41) is 3.92. The van der Waals surface area contributed by atoms with Crippen LogP contribution in [0.2, 0.25) is 0 Å². The molecule has 5 nitrogen and oxygen atoms in total. The molecule has 0 atom stereocenters. The summed E-state index contributed by atoms with van der Waals surface area (Å²) in [7, 11) is 0. The Bertz CT molecular complexity index is 340. The lowest BCUT2D eigenvalue weighted by Gasteiger charge is -2.13. The fourth-order valence-electron chi connectivity index (χ4n) is 1.26. The maximum atomic E-state index is 11.1. The van der Waals surface area contributed by atoms with Gasteiger partial charge in [0.1, 0.15) is 6.54 Å². The molecule has 16 heavy (non-hydrogen) atoms. The SMILES string of the molecule is CCOC(=O)CN(Cc1ccccc1)N=O. The highest BCUT2D eigenvalue weighted by atomic mass is 16.5. The first-order chi connectivity index (χ1) is 7.76. The zero-order valence-electron chi connectivity index (χ0n) is 9.13. The van der Waals surface area contributed by atoms with E-state index in [9.17, 15) is 9.70 Å². The summed E-state index contributed by atoms with van der Waals surface area (Å²) in [5.41, 5.74) is 0.923. The Hall–Kier alpha value is -1.91. The fraction of sp³-hybridized carbons (Fsp3) is 0.364. The van der Waals surface area contributed by atoms with Gasteiger partial charge in [0, 0.05) is 0 Å². The first-order valence-electron chi connectivity index (χ1n) is 5.04. The van der Waals surface area contributed by atoms with Gasteiger partial charge in [0.05, 0.1) is 18.4 Å². The van der Waals surface area contributed by atoms with Crippen LogP contribution in [0.4, 0.5) is 0 Å². The number of carbonyl (C=O) groups is 1. The van der Waals surface area contributed by atoms with E-state index < -0.39 is 5.97 Å². The highest BCUT2D eigenvalue weighted by Crippen LogP contribution is 2.04. The second kappa shape index (κ2) is 6.55. The van der Waals surface area contributed by atoms with Gasteiger partial charge in [-0.2, -0.15) is 0 Å². The summed E-state index contributed by atoms with van der Waals surface area (Å²) in [6.45, 7) is 2.21. The van der Waals surface area contributed by atoms with E-state index in [1.54, 1.807) is 6.92 Å². The van der Waals surface area contributed by atoms with Crippen molar-refractivity contribution in [3.8, 4) is 0 Å². The van der Waals surface area contributed by atoms with E-state index in [1.807, 2.05) is 30.3 Å². The first-order valence-corrected chi connectivity index (χ1v) is 5.04. The second-order valence-corrected chi connectivity index (χ2v) is 3.19. The number of rotatable bonds is 6. The fourth-order valence-corrected chi connectivity index (χ4v) is 1.26. The molecule has 5 heteroatoms. The maximum absolute atomic E-state index is 11.1. The molecule has 1 rings (SSSR count). The third kappa shape index (κ3) is 4.08. The van der Waals surface area contributed by atoms with E-state index in [0.717, 1.165) is 10.6 Å². The first kappa shape index (κ1) is 12.2. The second-order valence-electron chi connectivity index (χ2n) is 3.19. The van der Waals surface area contributed by atoms with Gasteiger partial charge in [-0.3, -0.25) is 4.79 Å². The van der Waals surface area contributed by atoms with Crippen molar-refractivity contribution in [2.45, 2.75) is 13.5 Å². The molecule has 0 N–H and O–H groups in total. The highest BCUT2D eigenvalue weighted by Gasteiger charge is 2.10. The zero-order chi connectivity index (χ0) is 11.8. The normalized spacial score (nSPS) is 9.56. The van der Waals surface area contributed by atoms with Gasteiger partial charge in [-0.05, 0) is 12.5 Å².